The molecule has 21 heavy (non-hydrogen) atoms. The number of aliphatic hydroxyl groups is 2. The van der Waals surface area contributed by atoms with Crippen LogP contribution in [0.1, 0.15) is 25.1 Å². The van der Waals surface area contributed by atoms with Gasteiger partial charge in [-0.1, -0.05) is 6.92 Å². The summed E-state index contributed by atoms with van der Waals surface area (Å²) in [5.74, 6) is -1.53. The predicted molar refractivity (Wildman–Crippen MR) is 68.9 cm³/mol. The van der Waals surface area contributed by atoms with Crippen LogP contribution in [0.15, 0.2) is 15.8 Å². The first kappa shape index (κ1) is 15.4. The van der Waals surface area contributed by atoms with Crippen LogP contribution in [0.3, 0.4) is 0 Å². The summed E-state index contributed by atoms with van der Waals surface area (Å²) in [5.41, 5.74) is -0.866. The molecule has 1 saturated heterocycles. The van der Waals surface area contributed by atoms with Crippen LogP contribution in [0.5, 0.6) is 0 Å². The fourth-order valence-corrected chi connectivity index (χ4v) is 2.27. The van der Waals surface area contributed by atoms with Crippen molar-refractivity contribution in [1.29, 1.82) is 0 Å². The van der Waals surface area contributed by atoms with Crippen LogP contribution in [0.4, 0.5) is 0 Å². The number of hydrogen-bond donors (Lipinski definition) is 4. The van der Waals surface area contributed by atoms with Gasteiger partial charge in [-0.05, 0) is 6.42 Å². The SMILES string of the molecule is CCc1cn([C@H]2C[C@H](O)[C@@H](C(O)C(=O)O)O2)c(=O)[nH]c1=O. The van der Waals surface area contributed by atoms with Crippen molar-refractivity contribution in [2.45, 2.75) is 44.3 Å². The molecule has 1 aromatic heterocycles. The lowest BCUT2D eigenvalue weighted by molar-refractivity contribution is -0.160. The molecule has 2 heterocycles. The third-order valence-electron chi connectivity index (χ3n) is 3.43. The number of aromatic nitrogens is 2. The van der Waals surface area contributed by atoms with Crippen molar-refractivity contribution in [3.8, 4) is 0 Å². The van der Waals surface area contributed by atoms with Gasteiger partial charge < -0.3 is 20.1 Å². The molecule has 1 aliphatic rings. The van der Waals surface area contributed by atoms with Crippen LogP contribution in [0, 0.1) is 0 Å². The zero-order valence-electron chi connectivity index (χ0n) is 11.2. The minimum absolute atomic E-state index is 0.0654. The van der Waals surface area contributed by atoms with Crippen molar-refractivity contribution in [2.24, 2.45) is 0 Å². The van der Waals surface area contributed by atoms with Crippen LogP contribution in [0.25, 0.3) is 0 Å². The summed E-state index contributed by atoms with van der Waals surface area (Å²) in [7, 11) is 0. The first-order chi connectivity index (χ1) is 9.85. The van der Waals surface area contributed by atoms with Gasteiger partial charge in [0.15, 0.2) is 6.10 Å². The van der Waals surface area contributed by atoms with Crippen molar-refractivity contribution < 1.29 is 24.9 Å². The Kier molecular flexibility index (Phi) is 4.26. The summed E-state index contributed by atoms with van der Waals surface area (Å²) < 4.78 is 6.34. The minimum atomic E-state index is -1.89. The quantitative estimate of drug-likeness (QED) is 0.513. The van der Waals surface area contributed by atoms with Crippen LogP contribution >= 0.6 is 0 Å². The highest BCUT2D eigenvalue weighted by molar-refractivity contribution is 5.72. The normalized spacial score (nSPS) is 26.7. The molecule has 1 unspecified atom stereocenters. The third-order valence-corrected chi connectivity index (χ3v) is 3.43. The molecule has 1 aliphatic heterocycles. The number of hydrogen-bond acceptors (Lipinski definition) is 6. The maximum atomic E-state index is 11.8. The number of aliphatic hydroxyl groups excluding tert-OH is 2. The van der Waals surface area contributed by atoms with Gasteiger partial charge in [-0.25, -0.2) is 9.59 Å². The number of carboxylic acid groups (broad SMARTS) is 1. The standard InChI is InChI=1S/C12H16N2O7/c1-2-5-4-14(12(20)13-10(5)17)7-3-6(15)9(21-7)8(16)11(18)19/h4,6-9,15-16H,2-3H2,1H3,(H,18,19)(H,13,17,20)/t6-,7+,8?,9-/m0/s1. The van der Waals surface area contributed by atoms with E-state index in [1.165, 1.54) is 6.20 Å². The molecule has 0 amide bonds. The number of H-pyrrole nitrogens is 1. The number of aliphatic carboxylic acids is 1. The molecule has 4 atom stereocenters. The number of aryl methyl sites for hydroxylation is 1. The smallest absolute Gasteiger partial charge is 0.335 e. The van der Waals surface area contributed by atoms with Gasteiger partial charge >= 0.3 is 11.7 Å². The molecular weight excluding hydrogens is 284 g/mol. The van der Waals surface area contributed by atoms with Gasteiger partial charge in [0.05, 0.1) is 6.10 Å². The van der Waals surface area contributed by atoms with E-state index in [1.54, 1.807) is 6.92 Å². The molecular formula is C12H16N2O7. The largest absolute Gasteiger partial charge is 0.479 e. The molecule has 1 aromatic rings. The molecule has 0 aliphatic carbocycles. The lowest BCUT2D eigenvalue weighted by Crippen LogP contribution is -2.40. The number of rotatable bonds is 4. The van der Waals surface area contributed by atoms with Crippen LogP contribution in [-0.4, -0.2) is 49.2 Å². The van der Waals surface area contributed by atoms with Gasteiger partial charge in [0.2, 0.25) is 0 Å². The zero-order chi connectivity index (χ0) is 15.7. The number of carboxylic acids is 1. The fourth-order valence-electron chi connectivity index (χ4n) is 2.27. The highest BCUT2D eigenvalue weighted by Crippen LogP contribution is 2.29. The molecule has 4 N–H and O–H groups in total. The Labute approximate surface area is 118 Å². The van der Waals surface area contributed by atoms with Gasteiger partial charge in [0.1, 0.15) is 12.3 Å². The maximum Gasteiger partial charge on any atom is 0.335 e. The molecule has 0 aromatic carbocycles. The summed E-state index contributed by atoms with van der Waals surface area (Å²) >= 11 is 0. The van der Waals surface area contributed by atoms with Gasteiger partial charge in [-0.15, -0.1) is 0 Å². The molecule has 9 heteroatoms. The first-order valence-electron chi connectivity index (χ1n) is 6.43. The fraction of sp³-hybridized carbons (Fsp3) is 0.583. The Morgan fingerprint density at radius 2 is 2.24 bits per heavy atom. The van der Waals surface area contributed by atoms with E-state index in [0.29, 0.717) is 12.0 Å². The Bertz CT molecular complexity index is 650. The summed E-state index contributed by atoms with van der Waals surface area (Å²) in [6.45, 7) is 1.74. The number of carbonyl (C=O) groups is 1. The van der Waals surface area contributed by atoms with Crippen molar-refractivity contribution in [1.82, 2.24) is 9.55 Å². The average Bonchev–Trinajstić information content (AvgIpc) is 2.79. The van der Waals surface area contributed by atoms with E-state index in [4.69, 9.17) is 9.84 Å². The van der Waals surface area contributed by atoms with E-state index in [-0.39, 0.29) is 6.42 Å². The maximum absolute atomic E-state index is 11.8. The number of nitrogens with one attached hydrogen (secondary N) is 1. The molecule has 0 spiro atoms. The average molecular weight is 300 g/mol. The van der Waals surface area contributed by atoms with Crippen molar-refractivity contribution >= 4 is 5.97 Å². The van der Waals surface area contributed by atoms with Crippen molar-refractivity contribution in [3.05, 3.63) is 32.6 Å². The van der Waals surface area contributed by atoms with E-state index in [0.717, 1.165) is 4.57 Å². The third kappa shape index (κ3) is 2.89. The first-order valence-corrected chi connectivity index (χ1v) is 6.43. The Hall–Kier alpha value is -1.97. The second kappa shape index (κ2) is 5.80. The highest BCUT2D eigenvalue weighted by atomic mass is 16.5. The van der Waals surface area contributed by atoms with E-state index < -0.39 is 41.8 Å². The molecule has 0 bridgehead atoms. The Morgan fingerprint density at radius 1 is 1.57 bits per heavy atom. The van der Waals surface area contributed by atoms with E-state index in [1.807, 2.05) is 0 Å². The number of aromatic amines is 1. The molecule has 1 fully saturated rings. The second-order valence-electron chi connectivity index (χ2n) is 4.82. The van der Waals surface area contributed by atoms with E-state index >= 15 is 0 Å². The minimum Gasteiger partial charge on any atom is -0.479 e. The lowest BCUT2D eigenvalue weighted by atomic mass is 10.1. The summed E-state index contributed by atoms with van der Waals surface area (Å²) in [6.07, 6.45) is -3.77. The highest BCUT2D eigenvalue weighted by Gasteiger charge is 2.42. The molecule has 9 nitrogen and oxygen atoms in total. The van der Waals surface area contributed by atoms with Gasteiger partial charge in [0, 0.05) is 18.2 Å². The van der Waals surface area contributed by atoms with Crippen LogP contribution in [0.2, 0.25) is 0 Å². The van der Waals surface area contributed by atoms with E-state index in [9.17, 15) is 24.6 Å². The number of ether oxygens (including phenoxy) is 1. The van der Waals surface area contributed by atoms with Crippen molar-refractivity contribution in [2.75, 3.05) is 0 Å². The van der Waals surface area contributed by atoms with Gasteiger partial charge in [0.25, 0.3) is 5.56 Å². The summed E-state index contributed by atoms with van der Waals surface area (Å²) in [6, 6.07) is 0. The summed E-state index contributed by atoms with van der Waals surface area (Å²) in [5, 5.41) is 28.0. The zero-order valence-corrected chi connectivity index (χ0v) is 11.2. The second-order valence-corrected chi connectivity index (χ2v) is 4.82. The monoisotopic (exact) mass is 300 g/mol. The Morgan fingerprint density at radius 3 is 2.81 bits per heavy atom. The molecule has 2 rings (SSSR count). The van der Waals surface area contributed by atoms with Gasteiger partial charge in [-0.3, -0.25) is 14.3 Å². The van der Waals surface area contributed by atoms with Gasteiger partial charge in [-0.2, -0.15) is 0 Å². The summed E-state index contributed by atoms with van der Waals surface area (Å²) in [4.78, 5) is 36.1. The topological polar surface area (TPSA) is 142 Å². The Balaban J connectivity index is 2.31. The van der Waals surface area contributed by atoms with Crippen LogP contribution in [-0.2, 0) is 16.0 Å². The van der Waals surface area contributed by atoms with Crippen LogP contribution < -0.4 is 11.2 Å². The molecule has 0 radical (unpaired) electrons. The molecule has 0 saturated carbocycles. The van der Waals surface area contributed by atoms with E-state index in [2.05, 4.69) is 4.98 Å². The number of nitrogens with zero attached hydrogens (tertiary/aromatic N) is 1. The lowest BCUT2D eigenvalue weighted by Gasteiger charge is -2.18. The predicted octanol–water partition coefficient (Wildman–Crippen LogP) is -1.81. The molecule has 116 valence electrons. The van der Waals surface area contributed by atoms with Crippen molar-refractivity contribution in [3.63, 3.8) is 0 Å².